The van der Waals surface area contributed by atoms with Gasteiger partial charge < -0.3 is 4.74 Å². The molecule has 3 rings (SSSR count). The maximum absolute atomic E-state index is 12.3. The number of esters is 1. The number of ether oxygens (including phenoxy) is 1. The number of benzene rings is 2. The van der Waals surface area contributed by atoms with Crippen LogP contribution in [0.2, 0.25) is 10.0 Å². The molecule has 0 atom stereocenters. The standard InChI is InChI=1S/C18H14Cl2N2O2/c1-2-24-18(23)14-11-21-22(16-9-8-13(19)10-15(16)20)17(14)12-6-4-3-5-7-12/h3-11H,2H2,1H3. The van der Waals surface area contributed by atoms with Crippen LogP contribution in [0.25, 0.3) is 16.9 Å². The molecule has 1 aromatic heterocycles. The van der Waals surface area contributed by atoms with E-state index in [0.29, 0.717) is 33.6 Å². The molecule has 24 heavy (non-hydrogen) atoms. The maximum Gasteiger partial charge on any atom is 0.342 e. The lowest BCUT2D eigenvalue weighted by Gasteiger charge is -2.11. The highest BCUT2D eigenvalue weighted by Gasteiger charge is 2.21. The number of hydrogen-bond acceptors (Lipinski definition) is 3. The number of halogens is 2. The van der Waals surface area contributed by atoms with E-state index < -0.39 is 5.97 Å². The summed E-state index contributed by atoms with van der Waals surface area (Å²) in [5.41, 5.74) is 2.48. The van der Waals surface area contributed by atoms with Crippen molar-refractivity contribution in [3.63, 3.8) is 0 Å². The van der Waals surface area contributed by atoms with Crippen molar-refractivity contribution in [1.82, 2.24) is 9.78 Å². The number of hydrogen-bond donors (Lipinski definition) is 0. The molecule has 3 aromatic rings. The van der Waals surface area contributed by atoms with Gasteiger partial charge in [0.15, 0.2) is 0 Å². The van der Waals surface area contributed by atoms with Crippen molar-refractivity contribution in [2.45, 2.75) is 6.92 Å². The van der Waals surface area contributed by atoms with Crippen molar-refractivity contribution in [2.24, 2.45) is 0 Å². The van der Waals surface area contributed by atoms with Gasteiger partial charge in [-0.1, -0.05) is 53.5 Å². The average Bonchev–Trinajstić information content (AvgIpc) is 3.00. The van der Waals surface area contributed by atoms with Gasteiger partial charge in [0.05, 0.1) is 29.2 Å². The Morgan fingerprint density at radius 1 is 1.17 bits per heavy atom. The van der Waals surface area contributed by atoms with Crippen LogP contribution in [-0.4, -0.2) is 22.4 Å². The predicted molar refractivity (Wildman–Crippen MR) is 95.0 cm³/mol. The zero-order chi connectivity index (χ0) is 17.1. The first-order valence-electron chi connectivity index (χ1n) is 7.37. The quantitative estimate of drug-likeness (QED) is 0.613. The molecular formula is C18H14Cl2N2O2. The molecule has 0 spiro atoms. The number of rotatable bonds is 4. The number of carbonyl (C=O) groups excluding carboxylic acids is 1. The van der Waals surface area contributed by atoms with Crippen molar-refractivity contribution >= 4 is 29.2 Å². The molecule has 122 valence electrons. The van der Waals surface area contributed by atoms with Gasteiger partial charge in [0.1, 0.15) is 5.56 Å². The van der Waals surface area contributed by atoms with Crippen LogP contribution in [0.4, 0.5) is 0 Å². The molecular weight excluding hydrogens is 347 g/mol. The molecule has 1 heterocycles. The summed E-state index contributed by atoms with van der Waals surface area (Å²) in [6, 6.07) is 14.6. The Kier molecular flexibility index (Phi) is 4.88. The van der Waals surface area contributed by atoms with Crippen LogP contribution >= 0.6 is 23.2 Å². The first-order chi connectivity index (χ1) is 11.6. The van der Waals surface area contributed by atoms with Gasteiger partial charge in [-0.2, -0.15) is 5.10 Å². The second kappa shape index (κ2) is 7.07. The lowest BCUT2D eigenvalue weighted by Crippen LogP contribution is -2.07. The van der Waals surface area contributed by atoms with Gasteiger partial charge in [-0.3, -0.25) is 0 Å². The van der Waals surface area contributed by atoms with Gasteiger partial charge in [-0.25, -0.2) is 9.48 Å². The van der Waals surface area contributed by atoms with E-state index in [-0.39, 0.29) is 0 Å². The van der Waals surface area contributed by atoms with Crippen LogP contribution in [0.5, 0.6) is 0 Å². The predicted octanol–water partition coefficient (Wildman–Crippen LogP) is 5.02. The Labute approximate surface area is 149 Å². The number of carbonyl (C=O) groups is 1. The smallest absolute Gasteiger partial charge is 0.342 e. The zero-order valence-corrected chi connectivity index (χ0v) is 14.4. The highest BCUT2D eigenvalue weighted by atomic mass is 35.5. The van der Waals surface area contributed by atoms with Gasteiger partial charge in [0.25, 0.3) is 0 Å². The summed E-state index contributed by atoms with van der Waals surface area (Å²) in [5.74, 6) is -0.423. The second-order valence-electron chi connectivity index (χ2n) is 5.00. The lowest BCUT2D eigenvalue weighted by molar-refractivity contribution is 0.0527. The average molecular weight is 361 g/mol. The van der Waals surface area contributed by atoms with E-state index in [4.69, 9.17) is 27.9 Å². The molecule has 0 aliphatic carbocycles. The van der Waals surface area contributed by atoms with Gasteiger partial charge >= 0.3 is 5.97 Å². The minimum Gasteiger partial charge on any atom is -0.462 e. The Morgan fingerprint density at radius 3 is 2.58 bits per heavy atom. The minimum absolute atomic E-state index is 0.292. The molecule has 0 aliphatic heterocycles. The fraction of sp³-hybridized carbons (Fsp3) is 0.111. The molecule has 0 amide bonds. The van der Waals surface area contributed by atoms with E-state index in [1.807, 2.05) is 30.3 Å². The van der Waals surface area contributed by atoms with Gasteiger partial charge in [-0.15, -0.1) is 0 Å². The van der Waals surface area contributed by atoms with Crippen LogP contribution in [0, 0.1) is 0 Å². The van der Waals surface area contributed by atoms with E-state index in [9.17, 15) is 4.79 Å². The summed E-state index contributed by atoms with van der Waals surface area (Å²) in [7, 11) is 0. The van der Waals surface area contributed by atoms with Crippen LogP contribution < -0.4 is 0 Å². The second-order valence-corrected chi connectivity index (χ2v) is 5.84. The summed E-state index contributed by atoms with van der Waals surface area (Å²) in [6.07, 6.45) is 1.49. The molecule has 0 aliphatic rings. The fourth-order valence-corrected chi connectivity index (χ4v) is 2.90. The summed E-state index contributed by atoms with van der Waals surface area (Å²) in [4.78, 5) is 12.3. The van der Waals surface area contributed by atoms with Crippen molar-refractivity contribution in [3.8, 4) is 16.9 Å². The molecule has 0 saturated carbocycles. The third-order valence-corrected chi connectivity index (χ3v) is 3.99. The fourth-order valence-electron chi connectivity index (χ4n) is 2.42. The van der Waals surface area contributed by atoms with Crippen LogP contribution in [0.1, 0.15) is 17.3 Å². The molecule has 0 saturated heterocycles. The summed E-state index contributed by atoms with van der Waals surface area (Å²) >= 11 is 12.3. The molecule has 0 N–H and O–H groups in total. The van der Waals surface area contributed by atoms with E-state index >= 15 is 0 Å². The molecule has 0 fully saturated rings. The first-order valence-corrected chi connectivity index (χ1v) is 8.13. The minimum atomic E-state index is -0.423. The Balaban J connectivity index is 2.22. The van der Waals surface area contributed by atoms with Crippen molar-refractivity contribution in [3.05, 3.63) is 70.3 Å². The number of aromatic nitrogens is 2. The normalized spacial score (nSPS) is 10.6. The summed E-state index contributed by atoms with van der Waals surface area (Å²) in [6.45, 7) is 2.06. The molecule has 6 heteroatoms. The monoisotopic (exact) mass is 360 g/mol. The van der Waals surface area contributed by atoms with Crippen molar-refractivity contribution < 1.29 is 9.53 Å². The van der Waals surface area contributed by atoms with Gasteiger partial charge in [-0.05, 0) is 25.1 Å². The van der Waals surface area contributed by atoms with Crippen molar-refractivity contribution in [2.75, 3.05) is 6.61 Å². The Morgan fingerprint density at radius 2 is 1.92 bits per heavy atom. The molecule has 4 nitrogen and oxygen atoms in total. The van der Waals surface area contributed by atoms with E-state index in [0.717, 1.165) is 5.56 Å². The van der Waals surface area contributed by atoms with E-state index in [1.54, 1.807) is 29.8 Å². The van der Waals surface area contributed by atoms with Crippen LogP contribution in [0.15, 0.2) is 54.7 Å². The van der Waals surface area contributed by atoms with Gasteiger partial charge in [0, 0.05) is 10.6 Å². The van der Waals surface area contributed by atoms with Crippen LogP contribution in [-0.2, 0) is 4.74 Å². The van der Waals surface area contributed by atoms with Gasteiger partial charge in [0.2, 0.25) is 0 Å². The van der Waals surface area contributed by atoms with E-state index in [1.165, 1.54) is 6.20 Å². The SMILES string of the molecule is CCOC(=O)c1cnn(-c2ccc(Cl)cc2Cl)c1-c1ccccc1. The third-order valence-electron chi connectivity index (χ3n) is 3.45. The molecule has 0 unspecified atom stereocenters. The molecule has 0 radical (unpaired) electrons. The maximum atomic E-state index is 12.3. The molecule has 0 bridgehead atoms. The topological polar surface area (TPSA) is 44.1 Å². The molecule has 2 aromatic carbocycles. The third kappa shape index (κ3) is 3.16. The summed E-state index contributed by atoms with van der Waals surface area (Å²) in [5, 5.41) is 5.32. The van der Waals surface area contributed by atoms with E-state index in [2.05, 4.69) is 5.10 Å². The Hall–Kier alpha value is -2.30. The first kappa shape index (κ1) is 16.6. The Bertz CT molecular complexity index is 876. The number of nitrogens with zero attached hydrogens (tertiary/aromatic N) is 2. The largest absolute Gasteiger partial charge is 0.462 e. The van der Waals surface area contributed by atoms with Crippen LogP contribution in [0.3, 0.4) is 0 Å². The zero-order valence-electron chi connectivity index (χ0n) is 12.9. The highest BCUT2D eigenvalue weighted by Crippen LogP contribution is 2.31. The van der Waals surface area contributed by atoms with Crippen molar-refractivity contribution in [1.29, 1.82) is 0 Å². The highest BCUT2D eigenvalue weighted by molar-refractivity contribution is 6.35. The lowest BCUT2D eigenvalue weighted by atomic mass is 10.1. The summed E-state index contributed by atoms with van der Waals surface area (Å²) < 4.78 is 6.77.